The molecule has 0 radical (unpaired) electrons. The Morgan fingerprint density at radius 1 is 1.50 bits per heavy atom. The van der Waals surface area contributed by atoms with Crippen molar-refractivity contribution in [1.82, 2.24) is 20.3 Å². The van der Waals surface area contributed by atoms with E-state index in [0.717, 1.165) is 30.8 Å². The maximum atomic E-state index is 12.9. The summed E-state index contributed by atoms with van der Waals surface area (Å²) in [5.41, 5.74) is 1.99. The molecule has 1 fully saturated rings. The molecule has 122 valence electrons. The summed E-state index contributed by atoms with van der Waals surface area (Å²) in [5, 5.41) is 23.7. The second-order valence-electron chi connectivity index (χ2n) is 6.48. The summed E-state index contributed by atoms with van der Waals surface area (Å²) in [6.07, 6.45) is 2.49. The molecule has 0 spiro atoms. The number of carbonyl (C=O) groups is 1. The molecule has 7 heteroatoms. The molecule has 1 saturated carbocycles. The minimum Gasteiger partial charge on any atom is -0.369 e. The molecule has 7 nitrogen and oxygen atoms in total. The number of nitrogens with one attached hydrogen (secondary N) is 2. The first-order chi connectivity index (χ1) is 11.6. The SMILES string of the molecule is Cn1nnc2c1NCC[C@H]2C(=O)NC1(c2cccc(C#N)c2)CC1. The summed E-state index contributed by atoms with van der Waals surface area (Å²) in [5.74, 6) is 0.516. The summed E-state index contributed by atoms with van der Waals surface area (Å²) in [6.45, 7) is 0.725. The van der Waals surface area contributed by atoms with Crippen molar-refractivity contribution in [1.29, 1.82) is 5.26 Å². The highest BCUT2D eigenvalue weighted by atomic mass is 16.2. The van der Waals surface area contributed by atoms with Crippen LogP contribution in [0, 0.1) is 11.3 Å². The lowest BCUT2D eigenvalue weighted by atomic mass is 9.95. The third-order valence-electron chi connectivity index (χ3n) is 4.88. The molecule has 1 aliphatic carbocycles. The summed E-state index contributed by atoms with van der Waals surface area (Å²) in [7, 11) is 1.81. The van der Waals surface area contributed by atoms with Crippen LogP contribution in [0.25, 0.3) is 0 Å². The average Bonchev–Trinajstić information content (AvgIpc) is 3.30. The molecule has 0 unspecified atom stereocenters. The first-order valence-electron chi connectivity index (χ1n) is 8.09. The molecule has 1 aliphatic heterocycles. The number of carbonyl (C=O) groups excluding carboxylic acids is 1. The number of nitrogens with zero attached hydrogens (tertiary/aromatic N) is 4. The van der Waals surface area contributed by atoms with Crippen LogP contribution in [0.3, 0.4) is 0 Å². The summed E-state index contributed by atoms with van der Waals surface area (Å²) >= 11 is 0. The van der Waals surface area contributed by atoms with Crippen molar-refractivity contribution in [2.45, 2.75) is 30.7 Å². The van der Waals surface area contributed by atoms with Crippen molar-refractivity contribution >= 4 is 11.7 Å². The number of amides is 1. The van der Waals surface area contributed by atoms with E-state index in [2.05, 4.69) is 27.0 Å². The first-order valence-corrected chi connectivity index (χ1v) is 8.09. The molecule has 2 N–H and O–H groups in total. The minimum absolute atomic E-state index is 0.0156. The van der Waals surface area contributed by atoms with Crippen molar-refractivity contribution < 1.29 is 4.79 Å². The van der Waals surface area contributed by atoms with Crippen LogP contribution in [-0.4, -0.2) is 27.4 Å². The molecule has 1 aromatic heterocycles. The number of anilines is 1. The number of hydrogen-bond acceptors (Lipinski definition) is 5. The zero-order chi connectivity index (χ0) is 16.7. The number of fused-ring (bicyclic) bond motifs is 1. The van der Waals surface area contributed by atoms with Gasteiger partial charge in [-0.2, -0.15) is 5.26 Å². The molecular formula is C17H18N6O. The van der Waals surface area contributed by atoms with E-state index in [1.54, 1.807) is 10.7 Å². The van der Waals surface area contributed by atoms with E-state index in [9.17, 15) is 4.79 Å². The second kappa shape index (κ2) is 5.34. The third-order valence-corrected chi connectivity index (χ3v) is 4.88. The van der Waals surface area contributed by atoms with Gasteiger partial charge in [0.05, 0.1) is 23.1 Å². The van der Waals surface area contributed by atoms with Gasteiger partial charge >= 0.3 is 0 Å². The van der Waals surface area contributed by atoms with Gasteiger partial charge in [0.25, 0.3) is 0 Å². The minimum atomic E-state index is -0.336. The highest BCUT2D eigenvalue weighted by Crippen LogP contribution is 2.46. The lowest BCUT2D eigenvalue weighted by Crippen LogP contribution is -2.40. The highest BCUT2D eigenvalue weighted by molar-refractivity contribution is 5.86. The summed E-state index contributed by atoms with van der Waals surface area (Å²) in [4.78, 5) is 12.9. The number of benzene rings is 1. The molecule has 1 amide bonds. The Balaban J connectivity index is 1.57. The van der Waals surface area contributed by atoms with Gasteiger partial charge in [0, 0.05) is 13.6 Å². The van der Waals surface area contributed by atoms with Crippen molar-refractivity contribution in [2.24, 2.45) is 7.05 Å². The smallest absolute Gasteiger partial charge is 0.230 e. The Labute approximate surface area is 139 Å². The molecule has 2 heterocycles. The second-order valence-corrected chi connectivity index (χ2v) is 6.48. The normalized spacial score (nSPS) is 20.4. The lowest BCUT2D eigenvalue weighted by Gasteiger charge is -2.25. The van der Waals surface area contributed by atoms with E-state index < -0.39 is 0 Å². The molecule has 1 atom stereocenters. The average molecular weight is 322 g/mol. The largest absolute Gasteiger partial charge is 0.369 e. The van der Waals surface area contributed by atoms with Gasteiger partial charge in [-0.25, -0.2) is 4.68 Å². The highest BCUT2D eigenvalue weighted by Gasteiger charge is 2.47. The van der Waals surface area contributed by atoms with Crippen molar-refractivity contribution in [2.75, 3.05) is 11.9 Å². The van der Waals surface area contributed by atoms with Crippen LogP contribution in [0.1, 0.15) is 42.0 Å². The van der Waals surface area contributed by atoms with Gasteiger partial charge < -0.3 is 10.6 Å². The molecule has 24 heavy (non-hydrogen) atoms. The van der Waals surface area contributed by atoms with Crippen molar-refractivity contribution in [3.63, 3.8) is 0 Å². The first kappa shape index (κ1) is 14.7. The van der Waals surface area contributed by atoms with Gasteiger partial charge in [0.2, 0.25) is 5.91 Å². The van der Waals surface area contributed by atoms with Crippen LogP contribution in [0.4, 0.5) is 5.82 Å². The van der Waals surface area contributed by atoms with Gasteiger partial charge in [0.1, 0.15) is 11.5 Å². The molecular weight excluding hydrogens is 304 g/mol. The van der Waals surface area contributed by atoms with Gasteiger partial charge in [-0.3, -0.25) is 4.79 Å². The molecule has 0 bridgehead atoms. The van der Waals surface area contributed by atoms with Crippen LogP contribution in [0.2, 0.25) is 0 Å². The standard InChI is InChI=1S/C17H18N6O/c1-23-15-14(21-22-23)13(5-8-19-15)16(24)20-17(6-7-17)12-4-2-3-11(9-12)10-18/h2-4,9,13,19H,5-8H2,1H3,(H,20,24)/t13-/m1/s1. The monoisotopic (exact) mass is 322 g/mol. The van der Waals surface area contributed by atoms with E-state index in [-0.39, 0.29) is 17.4 Å². The van der Waals surface area contributed by atoms with Gasteiger partial charge in [-0.1, -0.05) is 17.3 Å². The fraction of sp³-hybridized carbons (Fsp3) is 0.412. The van der Waals surface area contributed by atoms with E-state index in [0.29, 0.717) is 17.7 Å². The molecule has 2 aliphatic rings. The maximum Gasteiger partial charge on any atom is 0.230 e. The Morgan fingerprint density at radius 2 is 2.33 bits per heavy atom. The predicted molar refractivity (Wildman–Crippen MR) is 87.1 cm³/mol. The Hall–Kier alpha value is -2.88. The molecule has 4 rings (SSSR count). The van der Waals surface area contributed by atoms with Crippen LogP contribution >= 0.6 is 0 Å². The number of aromatic nitrogens is 3. The lowest BCUT2D eigenvalue weighted by molar-refractivity contribution is -0.123. The Kier molecular flexibility index (Phi) is 3.27. The summed E-state index contributed by atoms with van der Waals surface area (Å²) < 4.78 is 1.66. The van der Waals surface area contributed by atoms with E-state index in [4.69, 9.17) is 5.26 Å². The third kappa shape index (κ3) is 2.31. The predicted octanol–water partition coefficient (Wildman–Crippen LogP) is 1.39. The number of hydrogen-bond donors (Lipinski definition) is 2. The maximum absolute atomic E-state index is 12.9. The van der Waals surface area contributed by atoms with E-state index in [1.165, 1.54) is 0 Å². The Bertz CT molecular complexity index is 845. The van der Waals surface area contributed by atoms with Gasteiger partial charge in [-0.05, 0) is 37.0 Å². The molecule has 2 aromatic rings. The van der Waals surface area contributed by atoms with Crippen molar-refractivity contribution in [3.8, 4) is 6.07 Å². The van der Waals surface area contributed by atoms with Crippen LogP contribution < -0.4 is 10.6 Å². The van der Waals surface area contributed by atoms with Gasteiger partial charge in [0.15, 0.2) is 0 Å². The van der Waals surface area contributed by atoms with Crippen LogP contribution in [0.15, 0.2) is 24.3 Å². The fourth-order valence-corrected chi connectivity index (χ4v) is 3.36. The van der Waals surface area contributed by atoms with E-state index >= 15 is 0 Å². The quantitative estimate of drug-likeness (QED) is 0.890. The Morgan fingerprint density at radius 3 is 3.08 bits per heavy atom. The van der Waals surface area contributed by atoms with Gasteiger partial charge in [-0.15, -0.1) is 5.10 Å². The summed E-state index contributed by atoms with van der Waals surface area (Å²) in [6, 6.07) is 9.64. The fourth-order valence-electron chi connectivity index (χ4n) is 3.36. The van der Waals surface area contributed by atoms with Crippen molar-refractivity contribution in [3.05, 3.63) is 41.1 Å². The van der Waals surface area contributed by atoms with Crippen LogP contribution in [-0.2, 0) is 17.4 Å². The zero-order valence-corrected chi connectivity index (χ0v) is 13.4. The number of rotatable bonds is 3. The van der Waals surface area contributed by atoms with E-state index in [1.807, 2.05) is 25.2 Å². The zero-order valence-electron chi connectivity index (χ0n) is 13.4. The topological polar surface area (TPSA) is 95.6 Å². The number of aryl methyl sites for hydroxylation is 1. The molecule has 1 aromatic carbocycles. The number of nitriles is 1. The van der Waals surface area contributed by atoms with Crippen LogP contribution in [0.5, 0.6) is 0 Å². The molecule has 0 saturated heterocycles.